The van der Waals surface area contributed by atoms with Crippen molar-refractivity contribution in [2.75, 3.05) is 0 Å². The molecule has 20 heavy (non-hydrogen) atoms. The fourth-order valence-corrected chi connectivity index (χ4v) is 3.76. The third-order valence-electron chi connectivity index (χ3n) is 4.42. The molecule has 1 unspecified atom stereocenters. The van der Waals surface area contributed by atoms with Crippen molar-refractivity contribution in [3.05, 3.63) is 41.3 Å². The minimum atomic E-state index is 0.420. The molecule has 3 rings (SSSR count). The van der Waals surface area contributed by atoms with E-state index < -0.39 is 0 Å². The molecule has 0 saturated heterocycles. The van der Waals surface area contributed by atoms with Gasteiger partial charge in [-0.05, 0) is 42.5 Å². The van der Waals surface area contributed by atoms with Crippen molar-refractivity contribution in [3.63, 3.8) is 0 Å². The van der Waals surface area contributed by atoms with Gasteiger partial charge in [-0.15, -0.1) is 0 Å². The summed E-state index contributed by atoms with van der Waals surface area (Å²) in [4.78, 5) is 3.24. The van der Waals surface area contributed by atoms with Gasteiger partial charge in [0.15, 0.2) is 4.77 Å². The molecule has 1 aromatic heterocycles. The summed E-state index contributed by atoms with van der Waals surface area (Å²) in [5.74, 6) is 0. The Balaban J connectivity index is 2.02. The van der Waals surface area contributed by atoms with Gasteiger partial charge in [0.1, 0.15) is 0 Å². The van der Waals surface area contributed by atoms with Crippen molar-refractivity contribution < 1.29 is 0 Å². The van der Waals surface area contributed by atoms with Gasteiger partial charge >= 0.3 is 0 Å². The fraction of sp³-hybridized carbons (Fsp3) is 0.471. The quantitative estimate of drug-likeness (QED) is 0.738. The first kappa shape index (κ1) is 13.6. The number of benzene rings is 1. The zero-order valence-corrected chi connectivity index (χ0v) is 13.0. The highest BCUT2D eigenvalue weighted by atomic mass is 32.1. The number of imidazole rings is 1. The van der Waals surface area contributed by atoms with Gasteiger partial charge < -0.3 is 9.55 Å². The van der Waals surface area contributed by atoms with Crippen LogP contribution in [0.2, 0.25) is 0 Å². The molecule has 3 heteroatoms. The van der Waals surface area contributed by atoms with Crippen molar-refractivity contribution in [2.24, 2.45) is 5.41 Å². The van der Waals surface area contributed by atoms with E-state index in [4.69, 9.17) is 12.2 Å². The van der Waals surface area contributed by atoms with E-state index >= 15 is 0 Å². The molecule has 0 amide bonds. The second-order valence-corrected chi connectivity index (χ2v) is 7.02. The highest BCUT2D eigenvalue weighted by molar-refractivity contribution is 7.71. The Bertz CT molecular complexity index is 637. The second-order valence-electron chi connectivity index (χ2n) is 6.63. The normalized spacial score (nSPS) is 21.8. The van der Waals surface area contributed by atoms with Gasteiger partial charge in [-0.2, -0.15) is 0 Å². The first-order valence-corrected chi connectivity index (χ1v) is 7.83. The number of hydrogen-bond donors (Lipinski definition) is 1. The molecule has 2 nitrogen and oxygen atoms in total. The molecule has 0 spiro atoms. The van der Waals surface area contributed by atoms with Crippen LogP contribution in [0.15, 0.2) is 36.5 Å². The number of nitrogens with one attached hydrogen (secondary N) is 1. The maximum atomic E-state index is 5.54. The monoisotopic (exact) mass is 286 g/mol. The van der Waals surface area contributed by atoms with Crippen molar-refractivity contribution in [2.45, 2.75) is 45.6 Å². The van der Waals surface area contributed by atoms with Gasteiger partial charge in [0.25, 0.3) is 0 Å². The number of H-pyrrole nitrogens is 1. The Morgan fingerprint density at radius 3 is 2.70 bits per heavy atom. The second kappa shape index (κ2) is 5.21. The molecule has 0 bridgehead atoms. The van der Waals surface area contributed by atoms with Gasteiger partial charge in [0, 0.05) is 12.2 Å². The molecular formula is C17H22N2S. The van der Waals surface area contributed by atoms with E-state index in [0.717, 1.165) is 4.77 Å². The largest absolute Gasteiger partial charge is 0.337 e. The van der Waals surface area contributed by atoms with E-state index in [1.54, 1.807) is 0 Å². The molecular weight excluding hydrogens is 264 g/mol. The molecule has 1 atom stereocenters. The van der Waals surface area contributed by atoms with Crippen LogP contribution >= 0.6 is 12.2 Å². The lowest BCUT2D eigenvalue weighted by molar-refractivity contribution is 0.183. The van der Waals surface area contributed by atoms with Crippen LogP contribution in [0.5, 0.6) is 0 Å². The van der Waals surface area contributed by atoms with Crippen LogP contribution in [0, 0.1) is 10.2 Å². The van der Waals surface area contributed by atoms with E-state index in [-0.39, 0.29) is 0 Å². The first-order valence-electron chi connectivity index (χ1n) is 7.42. The van der Waals surface area contributed by atoms with Crippen molar-refractivity contribution in [1.82, 2.24) is 9.55 Å². The topological polar surface area (TPSA) is 20.7 Å². The maximum Gasteiger partial charge on any atom is 0.177 e. The highest BCUT2D eigenvalue weighted by Gasteiger charge is 2.30. The zero-order valence-electron chi connectivity index (χ0n) is 12.2. The number of aromatic amines is 1. The predicted octanol–water partition coefficient (Wildman–Crippen LogP) is 5.35. The molecule has 1 saturated carbocycles. The van der Waals surface area contributed by atoms with Crippen LogP contribution in [-0.4, -0.2) is 9.55 Å². The van der Waals surface area contributed by atoms with E-state index in [9.17, 15) is 0 Å². The Hall–Kier alpha value is -1.35. The fourth-order valence-electron chi connectivity index (χ4n) is 3.45. The number of nitrogens with zero attached hydrogens (tertiary/aromatic N) is 1. The lowest BCUT2D eigenvalue weighted by Crippen LogP contribution is -2.25. The third-order valence-corrected chi connectivity index (χ3v) is 4.74. The summed E-state index contributed by atoms with van der Waals surface area (Å²) in [5.41, 5.74) is 2.88. The van der Waals surface area contributed by atoms with Crippen LogP contribution in [0.3, 0.4) is 0 Å². The lowest BCUT2D eigenvalue weighted by Gasteiger charge is -2.36. The molecule has 1 aliphatic rings. The molecule has 2 aromatic rings. The van der Waals surface area contributed by atoms with Gasteiger partial charge in [-0.25, -0.2) is 0 Å². The van der Waals surface area contributed by atoms with Crippen molar-refractivity contribution >= 4 is 12.2 Å². The summed E-state index contributed by atoms with van der Waals surface area (Å²) in [6.45, 7) is 4.75. The summed E-state index contributed by atoms with van der Waals surface area (Å²) < 4.78 is 3.19. The van der Waals surface area contributed by atoms with Gasteiger partial charge in [-0.3, -0.25) is 0 Å². The van der Waals surface area contributed by atoms with E-state index in [0.29, 0.717) is 11.5 Å². The Labute approximate surface area is 125 Å². The van der Waals surface area contributed by atoms with Gasteiger partial charge in [0.2, 0.25) is 0 Å². The van der Waals surface area contributed by atoms with E-state index in [1.165, 1.54) is 36.9 Å². The average Bonchev–Trinajstić information content (AvgIpc) is 2.80. The molecule has 1 N–H and O–H groups in total. The Kier molecular flexibility index (Phi) is 3.55. The van der Waals surface area contributed by atoms with Crippen LogP contribution < -0.4 is 0 Å². The first-order chi connectivity index (χ1) is 9.57. The number of hydrogen-bond acceptors (Lipinski definition) is 1. The van der Waals surface area contributed by atoms with Gasteiger partial charge in [0.05, 0.1) is 5.69 Å². The smallest absolute Gasteiger partial charge is 0.177 e. The third kappa shape index (κ3) is 2.59. The van der Waals surface area contributed by atoms with Crippen molar-refractivity contribution in [1.29, 1.82) is 0 Å². The number of aromatic nitrogens is 2. The summed E-state index contributed by atoms with van der Waals surface area (Å²) in [7, 11) is 0. The minimum Gasteiger partial charge on any atom is -0.337 e. The minimum absolute atomic E-state index is 0.420. The van der Waals surface area contributed by atoms with Crippen LogP contribution in [0.1, 0.15) is 45.6 Å². The summed E-state index contributed by atoms with van der Waals surface area (Å²) in [5, 5.41) is 0. The molecule has 106 valence electrons. The SMILES string of the molecule is CC1(C)CCCC(n2c(-c3ccccc3)c[nH]c2=S)C1. The van der Waals surface area contributed by atoms with E-state index in [1.807, 2.05) is 0 Å². The summed E-state index contributed by atoms with van der Waals surface area (Å²) >= 11 is 5.54. The summed E-state index contributed by atoms with van der Waals surface area (Å²) in [6.07, 6.45) is 7.11. The van der Waals surface area contributed by atoms with Gasteiger partial charge in [-0.1, -0.05) is 50.6 Å². The molecule has 1 fully saturated rings. The lowest BCUT2D eigenvalue weighted by atomic mass is 9.75. The Morgan fingerprint density at radius 2 is 2.00 bits per heavy atom. The van der Waals surface area contributed by atoms with E-state index in [2.05, 4.69) is 59.9 Å². The van der Waals surface area contributed by atoms with Crippen LogP contribution in [-0.2, 0) is 0 Å². The highest BCUT2D eigenvalue weighted by Crippen LogP contribution is 2.42. The predicted molar refractivity (Wildman–Crippen MR) is 86.3 cm³/mol. The molecule has 1 aliphatic carbocycles. The Morgan fingerprint density at radius 1 is 1.25 bits per heavy atom. The van der Waals surface area contributed by atoms with Crippen LogP contribution in [0.4, 0.5) is 0 Å². The molecule has 1 aromatic carbocycles. The average molecular weight is 286 g/mol. The molecule has 0 aliphatic heterocycles. The number of rotatable bonds is 2. The zero-order chi connectivity index (χ0) is 14.2. The molecule has 0 radical (unpaired) electrons. The standard InChI is InChI=1S/C17H22N2S/c1-17(2)10-6-9-14(11-17)19-15(12-18-16(19)20)13-7-4-3-5-8-13/h3-5,7-8,12,14H,6,9-11H2,1-2H3,(H,18,20). The van der Waals surface area contributed by atoms with Crippen molar-refractivity contribution in [3.8, 4) is 11.3 Å². The summed E-state index contributed by atoms with van der Waals surface area (Å²) in [6, 6.07) is 11.1. The maximum absolute atomic E-state index is 5.54. The molecule has 1 heterocycles. The van der Waals surface area contributed by atoms with Crippen LogP contribution in [0.25, 0.3) is 11.3 Å².